The first kappa shape index (κ1) is 13.3. The van der Waals surface area contributed by atoms with Gasteiger partial charge in [0.2, 0.25) is 0 Å². The number of methoxy groups -OCH3 is 2. The second-order valence-electron chi connectivity index (χ2n) is 4.69. The number of para-hydroxylation sites is 1. The fourth-order valence-corrected chi connectivity index (χ4v) is 2.52. The largest absolute Gasteiger partial charge is 0.389 e. The van der Waals surface area contributed by atoms with Gasteiger partial charge in [-0.1, -0.05) is 18.2 Å². The average Bonchev–Trinajstić information content (AvgIpc) is 2.81. The molecule has 1 N–H and O–H groups in total. The lowest BCUT2D eigenvalue weighted by molar-refractivity contribution is -0.00461. The number of nitrogens with zero attached hydrogens (tertiary/aromatic N) is 1. The van der Waals surface area contributed by atoms with E-state index in [1.807, 2.05) is 24.3 Å². The normalized spacial score (nSPS) is 25.4. The molecule has 0 amide bonds. The molecule has 100 valence electrons. The molecule has 1 fully saturated rings. The van der Waals surface area contributed by atoms with Gasteiger partial charge in [0.05, 0.1) is 6.10 Å². The summed E-state index contributed by atoms with van der Waals surface area (Å²) in [6.07, 6.45) is -0.308. The van der Waals surface area contributed by atoms with Gasteiger partial charge in [0.1, 0.15) is 12.2 Å². The van der Waals surface area contributed by atoms with Crippen LogP contribution in [0.1, 0.15) is 18.6 Å². The first-order valence-electron chi connectivity index (χ1n) is 6.25. The van der Waals surface area contributed by atoms with Crippen molar-refractivity contribution in [3.63, 3.8) is 0 Å². The minimum absolute atomic E-state index is 0.0806. The molecule has 1 aliphatic heterocycles. The standard InChI is InChI=1S/C14H21NO3/c1-10(16)11-6-4-5-7-12(11)15-8-13(17-2)14(9-15)18-3/h4-7,10,13-14,16H,8-9H2,1-3H3/t10-,13?,14?/m0/s1. The lowest BCUT2D eigenvalue weighted by Gasteiger charge is -2.22. The molecule has 18 heavy (non-hydrogen) atoms. The molecule has 0 radical (unpaired) electrons. The van der Waals surface area contributed by atoms with Crippen LogP contribution in [0.5, 0.6) is 0 Å². The molecule has 0 bridgehead atoms. The number of aliphatic hydroxyl groups excluding tert-OH is 1. The second kappa shape index (κ2) is 5.69. The number of benzene rings is 1. The number of rotatable bonds is 4. The van der Waals surface area contributed by atoms with Gasteiger partial charge < -0.3 is 19.5 Å². The van der Waals surface area contributed by atoms with Crippen molar-refractivity contribution in [2.75, 3.05) is 32.2 Å². The molecular weight excluding hydrogens is 230 g/mol. The lowest BCUT2D eigenvalue weighted by atomic mass is 10.1. The Kier molecular flexibility index (Phi) is 4.22. The summed E-state index contributed by atoms with van der Waals surface area (Å²) in [6, 6.07) is 7.93. The predicted octanol–water partition coefficient (Wildman–Crippen LogP) is 1.59. The van der Waals surface area contributed by atoms with Gasteiger partial charge in [0.15, 0.2) is 0 Å². The van der Waals surface area contributed by atoms with Crippen LogP contribution in [0.4, 0.5) is 5.69 Å². The molecule has 3 atom stereocenters. The minimum atomic E-state index is -0.469. The molecule has 1 aromatic rings. The van der Waals surface area contributed by atoms with Crippen molar-refractivity contribution in [2.45, 2.75) is 25.2 Å². The number of aliphatic hydroxyl groups is 1. The van der Waals surface area contributed by atoms with Crippen molar-refractivity contribution in [2.24, 2.45) is 0 Å². The molecule has 0 aromatic heterocycles. The third-order valence-corrected chi connectivity index (χ3v) is 3.55. The summed E-state index contributed by atoms with van der Waals surface area (Å²) >= 11 is 0. The predicted molar refractivity (Wildman–Crippen MR) is 70.9 cm³/mol. The number of ether oxygens (including phenoxy) is 2. The Morgan fingerprint density at radius 3 is 2.22 bits per heavy atom. The summed E-state index contributed by atoms with van der Waals surface area (Å²) in [5.74, 6) is 0. The molecule has 1 aromatic carbocycles. The SMILES string of the molecule is COC1CN(c2ccccc2[C@H](C)O)CC1OC. The third-order valence-electron chi connectivity index (χ3n) is 3.55. The van der Waals surface area contributed by atoms with Crippen LogP contribution < -0.4 is 4.90 Å². The maximum Gasteiger partial charge on any atom is 0.102 e. The fraction of sp³-hybridized carbons (Fsp3) is 0.571. The monoisotopic (exact) mass is 251 g/mol. The van der Waals surface area contributed by atoms with E-state index < -0.39 is 6.10 Å². The molecule has 0 saturated carbocycles. The van der Waals surface area contributed by atoms with Crippen LogP contribution in [-0.2, 0) is 9.47 Å². The molecule has 4 nitrogen and oxygen atoms in total. The Balaban J connectivity index is 2.23. The van der Waals surface area contributed by atoms with Crippen molar-refractivity contribution in [1.29, 1.82) is 0 Å². The highest BCUT2D eigenvalue weighted by Gasteiger charge is 2.34. The van der Waals surface area contributed by atoms with Gasteiger partial charge in [-0.2, -0.15) is 0 Å². The van der Waals surface area contributed by atoms with Gasteiger partial charge in [0.25, 0.3) is 0 Å². The van der Waals surface area contributed by atoms with E-state index >= 15 is 0 Å². The number of anilines is 1. The smallest absolute Gasteiger partial charge is 0.102 e. The van der Waals surface area contributed by atoms with Crippen LogP contribution in [0.3, 0.4) is 0 Å². The third kappa shape index (κ3) is 2.51. The molecule has 2 unspecified atom stereocenters. The Hall–Kier alpha value is -1.10. The van der Waals surface area contributed by atoms with E-state index in [0.717, 1.165) is 24.3 Å². The summed E-state index contributed by atoms with van der Waals surface area (Å²) in [5.41, 5.74) is 2.01. The molecule has 0 aliphatic carbocycles. The van der Waals surface area contributed by atoms with E-state index in [2.05, 4.69) is 4.90 Å². The van der Waals surface area contributed by atoms with Gasteiger partial charge >= 0.3 is 0 Å². The quantitative estimate of drug-likeness (QED) is 0.882. The maximum atomic E-state index is 9.82. The average molecular weight is 251 g/mol. The van der Waals surface area contributed by atoms with Crippen LogP contribution in [0.2, 0.25) is 0 Å². The Bertz CT molecular complexity index is 382. The van der Waals surface area contributed by atoms with Gasteiger partial charge in [-0.3, -0.25) is 0 Å². The summed E-state index contributed by atoms with van der Waals surface area (Å²) in [7, 11) is 3.42. The summed E-state index contributed by atoms with van der Waals surface area (Å²) < 4.78 is 10.9. The van der Waals surface area contributed by atoms with Crippen LogP contribution in [-0.4, -0.2) is 44.6 Å². The van der Waals surface area contributed by atoms with Crippen molar-refractivity contribution in [1.82, 2.24) is 0 Å². The van der Waals surface area contributed by atoms with E-state index in [1.54, 1.807) is 21.1 Å². The zero-order valence-electron chi connectivity index (χ0n) is 11.2. The van der Waals surface area contributed by atoms with Gasteiger partial charge in [0, 0.05) is 38.6 Å². The zero-order chi connectivity index (χ0) is 13.1. The van der Waals surface area contributed by atoms with Crippen LogP contribution in [0.25, 0.3) is 0 Å². The first-order chi connectivity index (χ1) is 8.67. The highest BCUT2D eigenvalue weighted by Crippen LogP contribution is 2.30. The van der Waals surface area contributed by atoms with Crippen molar-refractivity contribution < 1.29 is 14.6 Å². The van der Waals surface area contributed by atoms with Gasteiger partial charge in [-0.25, -0.2) is 0 Å². The highest BCUT2D eigenvalue weighted by atomic mass is 16.5. The summed E-state index contributed by atoms with van der Waals surface area (Å²) in [4.78, 5) is 2.21. The second-order valence-corrected chi connectivity index (χ2v) is 4.69. The zero-order valence-corrected chi connectivity index (χ0v) is 11.2. The number of hydrogen-bond acceptors (Lipinski definition) is 4. The number of hydrogen-bond donors (Lipinski definition) is 1. The molecule has 4 heteroatoms. The van der Waals surface area contributed by atoms with Gasteiger partial charge in [-0.05, 0) is 13.0 Å². The molecule has 0 spiro atoms. The van der Waals surface area contributed by atoms with E-state index in [1.165, 1.54) is 0 Å². The van der Waals surface area contributed by atoms with Gasteiger partial charge in [-0.15, -0.1) is 0 Å². The highest BCUT2D eigenvalue weighted by molar-refractivity contribution is 5.55. The van der Waals surface area contributed by atoms with Crippen LogP contribution in [0, 0.1) is 0 Å². The first-order valence-corrected chi connectivity index (χ1v) is 6.25. The molecule has 1 heterocycles. The summed E-state index contributed by atoms with van der Waals surface area (Å²) in [6.45, 7) is 3.37. The molecule has 1 aliphatic rings. The Morgan fingerprint density at radius 1 is 1.17 bits per heavy atom. The van der Waals surface area contributed by atoms with Crippen molar-refractivity contribution in [3.05, 3.63) is 29.8 Å². The van der Waals surface area contributed by atoms with E-state index in [0.29, 0.717) is 0 Å². The van der Waals surface area contributed by atoms with E-state index in [4.69, 9.17) is 9.47 Å². The van der Waals surface area contributed by atoms with Crippen molar-refractivity contribution >= 4 is 5.69 Å². The van der Waals surface area contributed by atoms with E-state index in [9.17, 15) is 5.11 Å². The Labute approximate surface area is 108 Å². The van der Waals surface area contributed by atoms with Crippen LogP contribution >= 0.6 is 0 Å². The molecular formula is C14H21NO3. The van der Waals surface area contributed by atoms with Crippen LogP contribution in [0.15, 0.2) is 24.3 Å². The maximum absolute atomic E-state index is 9.82. The molecule has 2 rings (SSSR count). The topological polar surface area (TPSA) is 41.9 Å². The Morgan fingerprint density at radius 2 is 1.72 bits per heavy atom. The fourth-order valence-electron chi connectivity index (χ4n) is 2.52. The lowest BCUT2D eigenvalue weighted by Crippen LogP contribution is -2.27. The molecule has 1 saturated heterocycles. The van der Waals surface area contributed by atoms with Crippen molar-refractivity contribution in [3.8, 4) is 0 Å². The summed E-state index contributed by atoms with van der Waals surface area (Å²) in [5, 5.41) is 9.82. The van der Waals surface area contributed by atoms with E-state index in [-0.39, 0.29) is 12.2 Å². The minimum Gasteiger partial charge on any atom is -0.389 e.